The Hall–Kier alpha value is -3.15. The minimum Gasteiger partial charge on any atom is -0.494 e. The molecule has 0 aliphatic rings. The van der Waals surface area contributed by atoms with Gasteiger partial charge in [0.2, 0.25) is 11.8 Å². The maximum Gasteiger partial charge on any atom is 0.335 e. The smallest absolute Gasteiger partial charge is 0.335 e. The van der Waals surface area contributed by atoms with E-state index >= 15 is 0 Å². The van der Waals surface area contributed by atoms with Crippen LogP contribution in [-0.2, 0) is 6.42 Å². The van der Waals surface area contributed by atoms with Gasteiger partial charge in [0.25, 0.3) is 0 Å². The highest BCUT2D eigenvalue weighted by molar-refractivity contribution is 5.88. The minimum atomic E-state index is -0.974. The van der Waals surface area contributed by atoms with Gasteiger partial charge in [-0.3, -0.25) is 0 Å². The van der Waals surface area contributed by atoms with Gasteiger partial charge < -0.3 is 14.3 Å². The molecule has 1 aromatic heterocycles. The van der Waals surface area contributed by atoms with Crippen LogP contribution in [0.3, 0.4) is 0 Å². The van der Waals surface area contributed by atoms with Crippen LogP contribution < -0.4 is 4.74 Å². The molecule has 0 fully saturated rings. The van der Waals surface area contributed by atoms with Crippen molar-refractivity contribution in [1.29, 1.82) is 0 Å². The van der Waals surface area contributed by atoms with Gasteiger partial charge in [-0.2, -0.15) is 0 Å². The molecule has 0 spiro atoms. The molecule has 6 nitrogen and oxygen atoms in total. The maximum atomic E-state index is 10.9. The molecule has 0 aliphatic heterocycles. The summed E-state index contributed by atoms with van der Waals surface area (Å²) in [5.41, 5.74) is 2.82. The number of carboxylic acids is 1. The lowest BCUT2D eigenvalue weighted by Gasteiger charge is -2.10. The predicted octanol–water partition coefficient (Wildman–Crippen LogP) is 4.45. The summed E-state index contributed by atoms with van der Waals surface area (Å²) in [6.45, 7) is 4.67. The van der Waals surface area contributed by atoms with Gasteiger partial charge in [-0.25, -0.2) is 4.79 Å². The van der Waals surface area contributed by atoms with Crippen molar-refractivity contribution >= 4 is 5.97 Å². The fourth-order valence-corrected chi connectivity index (χ4v) is 2.67. The van der Waals surface area contributed by atoms with Gasteiger partial charge in [-0.05, 0) is 55.3 Å². The first-order chi connectivity index (χ1) is 12.6. The Morgan fingerprint density at radius 3 is 2.31 bits per heavy atom. The lowest BCUT2D eigenvalue weighted by atomic mass is 10.1. The van der Waals surface area contributed by atoms with Crippen molar-refractivity contribution in [3.05, 3.63) is 53.6 Å². The molecule has 1 heterocycles. The van der Waals surface area contributed by atoms with Gasteiger partial charge in [0.15, 0.2) is 0 Å². The molecule has 6 heteroatoms. The molecule has 2 aromatic carbocycles. The SMILES string of the molecule is CCCc1ccc(-c2nnc(-c3ccc(C(=O)O)cc3)o2)cc1OCC. The molecule has 1 N–H and O–H groups in total. The molecule has 134 valence electrons. The zero-order chi connectivity index (χ0) is 18.5. The van der Waals surface area contributed by atoms with Crippen LogP contribution in [0.5, 0.6) is 5.75 Å². The van der Waals surface area contributed by atoms with E-state index in [1.807, 2.05) is 25.1 Å². The number of nitrogens with zero attached hydrogens (tertiary/aromatic N) is 2. The molecule has 0 unspecified atom stereocenters. The number of ether oxygens (including phenoxy) is 1. The molecule has 26 heavy (non-hydrogen) atoms. The third kappa shape index (κ3) is 3.74. The highest BCUT2D eigenvalue weighted by Gasteiger charge is 2.13. The summed E-state index contributed by atoms with van der Waals surface area (Å²) in [7, 11) is 0. The number of hydrogen-bond acceptors (Lipinski definition) is 5. The van der Waals surface area contributed by atoms with Crippen LogP contribution in [0.1, 0.15) is 36.2 Å². The second kappa shape index (κ2) is 7.82. The van der Waals surface area contributed by atoms with E-state index in [2.05, 4.69) is 17.1 Å². The van der Waals surface area contributed by atoms with Crippen molar-refractivity contribution in [1.82, 2.24) is 10.2 Å². The van der Waals surface area contributed by atoms with Crippen LogP contribution in [-0.4, -0.2) is 27.9 Å². The third-order valence-corrected chi connectivity index (χ3v) is 3.94. The van der Waals surface area contributed by atoms with Crippen molar-refractivity contribution in [2.75, 3.05) is 6.61 Å². The van der Waals surface area contributed by atoms with Gasteiger partial charge in [-0.15, -0.1) is 10.2 Å². The second-order valence-electron chi connectivity index (χ2n) is 5.80. The van der Waals surface area contributed by atoms with Gasteiger partial charge >= 0.3 is 5.97 Å². The highest BCUT2D eigenvalue weighted by Crippen LogP contribution is 2.29. The average Bonchev–Trinajstić information content (AvgIpc) is 3.14. The summed E-state index contributed by atoms with van der Waals surface area (Å²) in [5, 5.41) is 17.1. The standard InChI is InChI=1S/C20H20N2O4/c1-3-5-13-6-11-16(12-17(13)25-4-2)19-22-21-18(26-19)14-7-9-15(10-8-14)20(23)24/h6-12H,3-5H2,1-2H3,(H,23,24). The Bertz CT molecular complexity index is 900. The van der Waals surface area contributed by atoms with E-state index in [1.54, 1.807) is 12.1 Å². The number of aromatic nitrogens is 2. The monoisotopic (exact) mass is 352 g/mol. The number of hydrogen-bond donors (Lipinski definition) is 1. The Labute approximate surface area is 151 Å². The molecule has 3 aromatic rings. The molecule has 0 radical (unpaired) electrons. The molecule has 0 atom stereocenters. The van der Waals surface area contributed by atoms with E-state index in [-0.39, 0.29) is 5.56 Å². The number of carbonyl (C=O) groups is 1. The highest BCUT2D eigenvalue weighted by atomic mass is 16.5. The molecular formula is C20H20N2O4. The van der Waals surface area contributed by atoms with Gasteiger partial charge in [-0.1, -0.05) is 19.4 Å². The van der Waals surface area contributed by atoms with E-state index in [0.717, 1.165) is 29.7 Å². The maximum absolute atomic E-state index is 10.9. The normalized spacial score (nSPS) is 10.7. The Morgan fingerprint density at radius 1 is 1.04 bits per heavy atom. The summed E-state index contributed by atoms with van der Waals surface area (Å²) < 4.78 is 11.5. The minimum absolute atomic E-state index is 0.210. The molecule has 0 aliphatic carbocycles. The van der Waals surface area contributed by atoms with E-state index in [0.29, 0.717) is 24.0 Å². The number of benzene rings is 2. The Balaban J connectivity index is 1.89. The summed E-state index contributed by atoms with van der Waals surface area (Å²) in [6, 6.07) is 12.2. The first-order valence-electron chi connectivity index (χ1n) is 8.55. The van der Waals surface area contributed by atoms with Crippen LogP contribution in [0.2, 0.25) is 0 Å². The van der Waals surface area contributed by atoms with Crippen molar-refractivity contribution < 1.29 is 19.1 Å². The molecular weight excluding hydrogens is 332 g/mol. The molecule has 0 saturated heterocycles. The number of aryl methyl sites for hydroxylation is 1. The summed E-state index contributed by atoms with van der Waals surface area (Å²) in [4.78, 5) is 10.9. The third-order valence-electron chi connectivity index (χ3n) is 3.94. The fourth-order valence-electron chi connectivity index (χ4n) is 2.67. The quantitative estimate of drug-likeness (QED) is 0.676. The van der Waals surface area contributed by atoms with Crippen molar-refractivity contribution in [2.45, 2.75) is 26.7 Å². The van der Waals surface area contributed by atoms with Gasteiger partial charge in [0, 0.05) is 11.1 Å². The summed E-state index contributed by atoms with van der Waals surface area (Å²) in [5.74, 6) is 0.592. The van der Waals surface area contributed by atoms with Crippen LogP contribution in [0.15, 0.2) is 46.9 Å². The van der Waals surface area contributed by atoms with E-state index in [4.69, 9.17) is 14.3 Å². The topological polar surface area (TPSA) is 85.5 Å². The number of rotatable bonds is 7. The van der Waals surface area contributed by atoms with Crippen LogP contribution in [0.4, 0.5) is 0 Å². The van der Waals surface area contributed by atoms with Crippen LogP contribution >= 0.6 is 0 Å². The lowest BCUT2D eigenvalue weighted by molar-refractivity contribution is 0.0697. The molecule has 3 rings (SSSR count). The average molecular weight is 352 g/mol. The zero-order valence-corrected chi connectivity index (χ0v) is 14.7. The zero-order valence-electron chi connectivity index (χ0n) is 14.7. The predicted molar refractivity (Wildman–Crippen MR) is 97.3 cm³/mol. The van der Waals surface area contributed by atoms with Crippen molar-refractivity contribution in [2.24, 2.45) is 0 Å². The number of aromatic carboxylic acids is 1. The van der Waals surface area contributed by atoms with Crippen molar-refractivity contribution in [3.8, 4) is 28.7 Å². The Kier molecular flexibility index (Phi) is 5.31. The first-order valence-corrected chi connectivity index (χ1v) is 8.55. The van der Waals surface area contributed by atoms with E-state index in [9.17, 15) is 4.79 Å². The Morgan fingerprint density at radius 2 is 1.69 bits per heavy atom. The largest absolute Gasteiger partial charge is 0.494 e. The first kappa shape index (κ1) is 17.7. The molecule has 0 saturated carbocycles. The van der Waals surface area contributed by atoms with Crippen LogP contribution in [0.25, 0.3) is 22.9 Å². The van der Waals surface area contributed by atoms with E-state index in [1.165, 1.54) is 12.1 Å². The van der Waals surface area contributed by atoms with Crippen molar-refractivity contribution in [3.63, 3.8) is 0 Å². The van der Waals surface area contributed by atoms with Crippen LogP contribution in [0, 0.1) is 0 Å². The van der Waals surface area contributed by atoms with E-state index < -0.39 is 5.97 Å². The molecule has 0 bridgehead atoms. The number of carboxylic acid groups (broad SMARTS) is 1. The fraction of sp³-hybridized carbons (Fsp3) is 0.250. The van der Waals surface area contributed by atoms with Gasteiger partial charge in [0.05, 0.1) is 12.2 Å². The lowest BCUT2D eigenvalue weighted by Crippen LogP contribution is -1.97. The molecule has 0 amide bonds. The summed E-state index contributed by atoms with van der Waals surface area (Å²) >= 11 is 0. The summed E-state index contributed by atoms with van der Waals surface area (Å²) in [6.07, 6.45) is 1.98. The second-order valence-corrected chi connectivity index (χ2v) is 5.80. The van der Waals surface area contributed by atoms with Gasteiger partial charge in [0.1, 0.15) is 5.75 Å².